The number of aromatic nitrogens is 1. The highest BCUT2D eigenvalue weighted by atomic mass is 35.5. The molecule has 2 heterocycles. The van der Waals surface area contributed by atoms with Gasteiger partial charge >= 0.3 is 12.1 Å². The van der Waals surface area contributed by atoms with Crippen molar-refractivity contribution in [2.75, 3.05) is 13.3 Å². The third kappa shape index (κ3) is 5.66. The maximum atomic E-state index is 13.6. The number of rotatable bonds is 6. The molecule has 0 saturated heterocycles. The van der Waals surface area contributed by atoms with Crippen LogP contribution in [0.25, 0.3) is 10.9 Å². The highest BCUT2D eigenvalue weighted by Crippen LogP contribution is 2.35. The van der Waals surface area contributed by atoms with Crippen LogP contribution in [0, 0.1) is 5.92 Å². The van der Waals surface area contributed by atoms with Gasteiger partial charge in [-0.05, 0) is 59.4 Å². The van der Waals surface area contributed by atoms with Gasteiger partial charge in [0.2, 0.25) is 0 Å². The number of nitrogens with zero attached hydrogens (tertiary/aromatic N) is 3. The molecule has 1 amide bonds. The second-order valence-corrected chi connectivity index (χ2v) is 12.1. The van der Waals surface area contributed by atoms with E-state index in [2.05, 4.69) is 20.9 Å². The number of ketones is 1. The highest BCUT2D eigenvalue weighted by molar-refractivity contribution is 6.11. The van der Waals surface area contributed by atoms with Crippen LogP contribution in [0.1, 0.15) is 75.9 Å². The Kier molecular flexibility index (Phi) is 8.45. The zero-order chi connectivity index (χ0) is 27.9. The Balaban J connectivity index is 0.00000370. The van der Waals surface area contributed by atoms with E-state index in [4.69, 9.17) is 9.47 Å². The van der Waals surface area contributed by atoms with E-state index in [0.29, 0.717) is 19.4 Å². The second-order valence-electron chi connectivity index (χ2n) is 12.1. The molecule has 9 nitrogen and oxygen atoms in total. The number of para-hydroxylation sites is 1. The average molecular weight is 573 g/mol. The molecule has 1 aliphatic heterocycles. The van der Waals surface area contributed by atoms with Crippen LogP contribution in [0.5, 0.6) is 0 Å². The Morgan fingerprint density at radius 2 is 1.77 bits per heavy atom. The number of hydrogen-bond acceptors (Lipinski definition) is 7. The van der Waals surface area contributed by atoms with Crippen molar-refractivity contribution in [2.24, 2.45) is 13.0 Å². The SMILES string of the molecule is CC1N(COC(=O)C2(NC(=O)OC(C)(C)C)CCCC2)C=CN1CC1CCc2c(c3ccccc3n2C)C1=O.Cl. The molecule has 2 unspecified atom stereocenters. The summed E-state index contributed by atoms with van der Waals surface area (Å²) in [5, 5.41) is 3.84. The molecule has 0 spiro atoms. The number of benzene rings is 1. The topological polar surface area (TPSA) is 93.1 Å². The standard InChI is InChI=1S/C30H40N4O5.ClH/c1-20-33(18-21-12-13-24-25(26(21)35)22-10-6-7-11-23(22)32(24)5)16-17-34(20)19-38-27(36)30(14-8-9-15-30)31-28(37)39-29(2,3)4;/h6-7,10-11,16-17,20-21H,8-9,12-15,18-19H2,1-5H3,(H,31,37);1H. The molecule has 1 aromatic heterocycles. The van der Waals surface area contributed by atoms with Gasteiger partial charge in [-0.3, -0.25) is 4.79 Å². The molecule has 218 valence electrons. The summed E-state index contributed by atoms with van der Waals surface area (Å²) in [5.41, 5.74) is 1.38. The van der Waals surface area contributed by atoms with Gasteiger partial charge in [0, 0.05) is 54.1 Å². The summed E-state index contributed by atoms with van der Waals surface area (Å²) >= 11 is 0. The largest absolute Gasteiger partial charge is 0.444 e. The van der Waals surface area contributed by atoms with Crippen LogP contribution in [-0.4, -0.2) is 62.8 Å². The lowest BCUT2D eigenvalue weighted by atomic mass is 9.84. The predicted octanol–water partition coefficient (Wildman–Crippen LogP) is 5.12. The first-order chi connectivity index (χ1) is 18.5. The molecule has 2 atom stereocenters. The first-order valence-electron chi connectivity index (χ1n) is 14.0. The number of esters is 1. The monoisotopic (exact) mass is 572 g/mol. The van der Waals surface area contributed by atoms with Crippen LogP contribution in [0.2, 0.25) is 0 Å². The number of Topliss-reactive ketones (excluding diaryl/α,β-unsaturated/α-hetero) is 1. The van der Waals surface area contributed by atoms with Gasteiger partial charge in [-0.15, -0.1) is 12.4 Å². The lowest BCUT2D eigenvalue weighted by Gasteiger charge is -2.34. The van der Waals surface area contributed by atoms with E-state index in [1.807, 2.05) is 49.5 Å². The molecule has 5 rings (SSSR count). The molecule has 1 aromatic carbocycles. The van der Waals surface area contributed by atoms with Crippen molar-refractivity contribution in [2.45, 2.75) is 83.5 Å². The van der Waals surface area contributed by atoms with E-state index in [1.165, 1.54) is 0 Å². The fourth-order valence-corrected chi connectivity index (χ4v) is 6.19. The average Bonchev–Trinajstić information content (AvgIpc) is 3.56. The number of fused-ring (bicyclic) bond motifs is 3. The molecular formula is C30H41ClN4O5. The molecule has 3 aliphatic rings. The molecule has 1 fully saturated rings. The number of halogens is 1. The van der Waals surface area contributed by atoms with Crippen molar-refractivity contribution in [3.63, 3.8) is 0 Å². The quantitative estimate of drug-likeness (QED) is 0.480. The van der Waals surface area contributed by atoms with Crippen molar-refractivity contribution in [3.05, 3.63) is 47.9 Å². The number of carbonyl (C=O) groups is 3. The molecular weight excluding hydrogens is 532 g/mol. The number of alkyl carbamates (subject to hydrolysis) is 1. The number of ether oxygens (including phenoxy) is 2. The van der Waals surface area contributed by atoms with Crippen LogP contribution in [-0.2, 0) is 27.7 Å². The van der Waals surface area contributed by atoms with Crippen molar-refractivity contribution >= 4 is 41.2 Å². The summed E-state index contributed by atoms with van der Waals surface area (Å²) in [7, 11) is 2.04. The van der Waals surface area contributed by atoms with E-state index in [0.717, 1.165) is 47.8 Å². The van der Waals surface area contributed by atoms with Crippen LogP contribution >= 0.6 is 12.4 Å². The van der Waals surface area contributed by atoms with E-state index in [1.54, 1.807) is 20.8 Å². The van der Waals surface area contributed by atoms with Crippen LogP contribution < -0.4 is 5.32 Å². The molecule has 0 bridgehead atoms. The van der Waals surface area contributed by atoms with Gasteiger partial charge in [0.1, 0.15) is 17.3 Å². The van der Waals surface area contributed by atoms with E-state index in [-0.39, 0.29) is 37.0 Å². The highest BCUT2D eigenvalue weighted by Gasteiger charge is 2.45. The van der Waals surface area contributed by atoms with Crippen molar-refractivity contribution < 1.29 is 23.9 Å². The fourth-order valence-electron chi connectivity index (χ4n) is 6.19. The second kappa shape index (κ2) is 11.4. The van der Waals surface area contributed by atoms with Gasteiger partial charge in [-0.1, -0.05) is 31.0 Å². The van der Waals surface area contributed by atoms with E-state index < -0.39 is 23.2 Å². The summed E-state index contributed by atoms with van der Waals surface area (Å²) in [5.74, 6) is -0.330. The summed E-state index contributed by atoms with van der Waals surface area (Å²) in [4.78, 5) is 43.3. The molecule has 2 aromatic rings. The smallest absolute Gasteiger partial charge is 0.408 e. The minimum absolute atomic E-state index is 0. The Labute approximate surface area is 242 Å². The van der Waals surface area contributed by atoms with Crippen LogP contribution in [0.4, 0.5) is 4.79 Å². The predicted molar refractivity (Wildman–Crippen MR) is 155 cm³/mol. The molecule has 1 N–H and O–H groups in total. The maximum Gasteiger partial charge on any atom is 0.408 e. The van der Waals surface area contributed by atoms with E-state index >= 15 is 0 Å². The zero-order valence-corrected chi connectivity index (χ0v) is 24.9. The number of nitrogens with one attached hydrogen (secondary N) is 1. The van der Waals surface area contributed by atoms with Gasteiger partial charge in [-0.2, -0.15) is 0 Å². The normalized spacial score (nSPS) is 21.8. The number of amides is 1. The molecule has 1 saturated carbocycles. The van der Waals surface area contributed by atoms with Crippen molar-refractivity contribution in [1.29, 1.82) is 0 Å². The van der Waals surface area contributed by atoms with Crippen molar-refractivity contribution in [1.82, 2.24) is 19.7 Å². The number of hydrogen-bond donors (Lipinski definition) is 1. The maximum absolute atomic E-state index is 13.6. The number of carbonyl (C=O) groups excluding carboxylic acids is 3. The summed E-state index contributed by atoms with van der Waals surface area (Å²) in [6, 6.07) is 8.11. The lowest BCUT2D eigenvalue weighted by Crippen LogP contribution is -2.55. The van der Waals surface area contributed by atoms with E-state index in [9.17, 15) is 14.4 Å². The summed E-state index contributed by atoms with van der Waals surface area (Å²) in [6.45, 7) is 8.09. The van der Waals surface area contributed by atoms with Gasteiger partial charge in [0.25, 0.3) is 0 Å². The van der Waals surface area contributed by atoms with Crippen LogP contribution in [0.3, 0.4) is 0 Å². The third-order valence-corrected chi connectivity index (χ3v) is 8.35. The first-order valence-corrected chi connectivity index (χ1v) is 14.0. The Morgan fingerprint density at radius 3 is 2.48 bits per heavy atom. The first kappa shape index (κ1) is 29.8. The molecule has 0 radical (unpaired) electrons. The number of aryl methyl sites for hydroxylation is 1. The summed E-state index contributed by atoms with van der Waals surface area (Å²) in [6.07, 6.45) is 7.61. The molecule has 40 heavy (non-hydrogen) atoms. The Bertz CT molecular complexity index is 1310. The minimum atomic E-state index is -1.06. The Hall–Kier alpha value is -3.20. The zero-order valence-electron chi connectivity index (χ0n) is 24.1. The van der Waals surface area contributed by atoms with Crippen molar-refractivity contribution in [3.8, 4) is 0 Å². The Morgan fingerprint density at radius 1 is 1.10 bits per heavy atom. The third-order valence-electron chi connectivity index (χ3n) is 8.35. The lowest BCUT2D eigenvalue weighted by molar-refractivity contribution is -0.156. The van der Waals surface area contributed by atoms with Gasteiger partial charge in [-0.25, -0.2) is 9.59 Å². The minimum Gasteiger partial charge on any atom is -0.444 e. The van der Waals surface area contributed by atoms with Gasteiger partial charge in [0.15, 0.2) is 12.5 Å². The molecule has 10 heteroatoms. The fraction of sp³-hybridized carbons (Fsp3) is 0.567. The summed E-state index contributed by atoms with van der Waals surface area (Å²) < 4.78 is 13.3. The van der Waals surface area contributed by atoms with Gasteiger partial charge in [0.05, 0.1) is 0 Å². The van der Waals surface area contributed by atoms with Gasteiger partial charge < -0.3 is 29.2 Å². The van der Waals surface area contributed by atoms with Crippen LogP contribution in [0.15, 0.2) is 36.7 Å². The molecule has 2 aliphatic carbocycles.